The van der Waals surface area contributed by atoms with E-state index in [1.807, 2.05) is 12.1 Å². The number of benzene rings is 1. The third-order valence-corrected chi connectivity index (χ3v) is 4.50. The molecular weight excluding hydrogens is 270 g/mol. The molecule has 1 aliphatic rings. The van der Waals surface area contributed by atoms with Gasteiger partial charge in [0, 0.05) is 41.3 Å². The van der Waals surface area contributed by atoms with E-state index in [0.717, 1.165) is 23.6 Å². The fourth-order valence-corrected chi connectivity index (χ4v) is 3.24. The normalized spacial score (nSPS) is 20.6. The molecule has 0 bridgehead atoms. The van der Waals surface area contributed by atoms with E-state index in [4.69, 9.17) is 11.6 Å². The summed E-state index contributed by atoms with van der Waals surface area (Å²) in [6.45, 7) is 6.74. The molecule has 1 aromatic heterocycles. The van der Waals surface area contributed by atoms with Crippen LogP contribution in [-0.4, -0.2) is 35.6 Å². The number of aromatic nitrogens is 1. The van der Waals surface area contributed by atoms with Gasteiger partial charge in [-0.15, -0.1) is 0 Å². The molecule has 2 heterocycles. The van der Waals surface area contributed by atoms with Gasteiger partial charge in [-0.2, -0.15) is 0 Å². The second-order valence-electron chi connectivity index (χ2n) is 5.62. The predicted octanol–water partition coefficient (Wildman–Crippen LogP) is 3.40. The summed E-state index contributed by atoms with van der Waals surface area (Å²) in [6, 6.07) is 6.66. The van der Waals surface area contributed by atoms with Gasteiger partial charge in [-0.1, -0.05) is 24.6 Å². The molecule has 3 nitrogen and oxygen atoms in total. The highest BCUT2D eigenvalue weighted by atomic mass is 35.5. The van der Waals surface area contributed by atoms with Crippen LogP contribution in [0.15, 0.2) is 24.4 Å². The maximum Gasteiger partial charge on any atom is 0.0472 e. The van der Waals surface area contributed by atoms with E-state index >= 15 is 0 Å². The highest BCUT2D eigenvalue weighted by molar-refractivity contribution is 6.31. The lowest BCUT2D eigenvalue weighted by Crippen LogP contribution is -2.45. The van der Waals surface area contributed by atoms with Crippen LogP contribution in [0.3, 0.4) is 0 Å². The molecule has 0 radical (unpaired) electrons. The first-order valence-corrected chi connectivity index (χ1v) is 7.85. The number of likely N-dealkylation sites (N-methyl/N-ethyl adjacent to an activating group) is 1. The number of nitrogens with one attached hydrogen (secondary N) is 2. The third-order valence-electron chi connectivity index (χ3n) is 4.26. The summed E-state index contributed by atoms with van der Waals surface area (Å²) < 4.78 is 0. The molecular formula is C16H22ClN3. The van der Waals surface area contributed by atoms with Crippen LogP contribution < -0.4 is 5.32 Å². The van der Waals surface area contributed by atoms with Gasteiger partial charge in [-0.25, -0.2) is 0 Å². The van der Waals surface area contributed by atoms with E-state index in [1.165, 1.54) is 36.9 Å². The predicted molar refractivity (Wildman–Crippen MR) is 85.3 cm³/mol. The number of piperidine rings is 1. The lowest BCUT2D eigenvalue weighted by Gasteiger charge is -2.32. The number of hydrogen-bond donors (Lipinski definition) is 2. The molecule has 108 valence electrons. The molecule has 1 fully saturated rings. The van der Waals surface area contributed by atoms with Crippen molar-refractivity contribution >= 4 is 22.5 Å². The van der Waals surface area contributed by atoms with Crippen molar-refractivity contribution in [3.05, 3.63) is 35.0 Å². The summed E-state index contributed by atoms with van der Waals surface area (Å²) in [6.07, 6.45) is 4.67. The lowest BCUT2D eigenvalue weighted by molar-refractivity contribution is 0.198. The lowest BCUT2D eigenvalue weighted by atomic mass is 10.1. The zero-order valence-corrected chi connectivity index (χ0v) is 12.7. The molecule has 3 rings (SSSR count). The van der Waals surface area contributed by atoms with E-state index in [-0.39, 0.29) is 0 Å². The summed E-state index contributed by atoms with van der Waals surface area (Å²) in [5.74, 6) is 0. The second-order valence-corrected chi connectivity index (χ2v) is 6.05. The number of hydrogen-bond acceptors (Lipinski definition) is 2. The zero-order valence-electron chi connectivity index (χ0n) is 12.0. The Kier molecular flexibility index (Phi) is 4.29. The molecule has 1 aliphatic heterocycles. The number of nitrogens with zero attached hydrogens (tertiary/aromatic N) is 1. The zero-order chi connectivity index (χ0) is 13.9. The Balaban J connectivity index is 1.65. The minimum absolute atomic E-state index is 0.612. The van der Waals surface area contributed by atoms with E-state index < -0.39 is 0 Å². The standard InChI is InChI=1S/C16H22ClN3/c1-2-20-7-3-4-14(11-20)18-9-12-10-19-16-8-13(17)5-6-15(12)16/h5-6,8,10,14,18-19H,2-4,7,9,11H2,1H3. The van der Waals surface area contributed by atoms with Gasteiger partial charge in [0.15, 0.2) is 0 Å². The monoisotopic (exact) mass is 291 g/mol. The minimum atomic E-state index is 0.612. The summed E-state index contributed by atoms with van der Waals surface area (Å²) in [5.41, 5.74) is 2.44. The molecule has 0 amide bonds. The van der Waals surface area contributed by atoms with Gasteiger partial charge >= 0.3 is 0 Å². The Bertz CT molecular complexity index is 578. The summed E-state index contributed by atoms with van der Waals surface area (Å²) >= 11 is 6.02. The van der Waals surface area contributed by atoms with Gasteiger partial charge in [-0.3, -0.25) is 0 Å². The van der Waals surface area contributed by atoms with Crippen LogP contribution >= 0.6 is 11.6 Å². The van der Waals surface area contributed by atoms with E-state index in [2.05, 4.69) is 34.4 Å². The molecule has 1 unspecified atom stereocenters. The van der Waals surface area contributed by atoms with Gasteiger partial charge in [0.25, 0.3) is 0 Å². The summed E-state index contributed by atoms with van der Waals surface area (Å²) in [7, 11) is 0. The van der Waals surface area contributed by atoms with Crippen molar-refractivity contribution in [2.45, 2.75) is 32.4 Å². The molecule has 0 saturated carbocycles. The Hall–Kier alpha value is -1.03. The molecule has 20 heavy (non-hydrogen) atoms. The van der Waals surface area contributed by atoms with Crippen LogP contribution in [-0.2, 0) is 6.54 Å². The molecule has 2 aromatic rings. The first-order valence-electron chi connectivity index (χ1n) is 7.47. The fourth-order valence-electron chi connectivity index (χ4n) is 3.07. The number of likely N-dealkylation sites (tertiary alicyclic amines) is 1. The van der Waals surface area contributed by atoms with Crippen LogP contribution in [0.2, 0.25) is 5.02 Å². The van der Waals surface area contributed by atoms with Crippen LogP contribution in [0.1, 0.15) is 25.3 Å². The Labute approximate surface area is 125 Å². The number of aromatic amines is 1. The topological polar surface area (TPSA) is 31.1 Å². The average molecular weight is 292 g/mol. The van der Waals surface area contributed by atoms with Crippen LogP contribution in [0.5, 0.6) is 0 Å². The van der Waals surface area contributed by atoms with Crippen molar-refractivity contribution in [2.24, 2.45) is 0 Å². The molecule has 1 saturated heterocycles. The van der Waals surface area contributed by atoms with Gasteiger partial charge in [0.05, 0.1) is 0 Å². The third kappa shape index (κ3) is 3.00. The number of rotatable bonds is 4. The van der Waals surface area contributed by atoms with Gasteiger partial charge in [-0.05, 0) is 43.6 Å². The number of H-pyrrole nitrogens is 1. The quantitative estimate of drug-likeness (QED) is 0.905. The Morgan fingerprint density at radius 3 is 3.20 bits per heavy atom. The average Bonchev–Trinajstić information content (AvgIpc) is 2.87. The number of fused-ring (bicyclic) bond motifs is 1. The van der Waals surface area contributed by atoms with Gasteiger partial charge in [0.2, 0.25) is 0 Å². The second kappa shape index (κ2) is 6.17. The van der Waals surface area contributed by atoms with Gasteiger partial charge < -0.3 is 15.2 Å². The minimum Gasteiger partial charge on any atom is -0.361 e. The molecule has 0 aliphatic carbocycles. The first kappa shape index (κ1) is 13.9. The Morgan fingerprint density at radius 2 is 2.35 bits per heavy atom. The van der Waals surface area contributed by atoms with E-state index in [1.54, 1.807) is 0 Å². The smallest absolute Gasteiger partial charge is 0.0472 e. The highest BCUT2D eigenvalue weighted by Crippen LogP contribution is 2.22. The van der Waals surface area contributed by atoms with Gasteiger partial charge in [0.1, 0.15) is 0 Å². The molecule has 1 aromatic carbocycles. The SMILES string of the molecule is CCN1CCCC(NCc2c[nH]c3cc(Cl)ccc23)C1. The van der Waals surface area contributed by atoms with Crippen LogP contribution in [0.4, 0.5) is 0 Å². The summed E-state index contributed by atoms with van der Waals surface area (Å²) in [5, 5.41) is 5.75. The van der Waals surface area contributed by atoms with Crippen molar-refractivity contribution in [2.75, 3.05) is 19.6 Å². The van der Waals surface area contributed by atoms with Crippen LogP contribution in [0.25, 0.3) is 10.9 Å². The van der Waals surface area contributed by atoms with E-state index in [9.17, 15) is 0 Å². The number of halogens is 1. The Morgan fingerprint density at radius 1 is 1.45 bits per heavy atom. The maximum atomic E-state index is 6.02. The molecule has 1 atom stereocenters. The molecule has 2 N–H and O–H groups in total. The van der Waals surface area contributed by atoms with Crippen molar-refractivity contribution in [3.8, 4) is 0 Å². The largest absolute Gasteiger partial charge is 0.361 e. The molecule has 4 heteroatoms. The maximum absolute atomic E-state index is 6.02. The highest BCUT2D eigenvalue weighted by Gasteiger charge is 2.18. The summed E-state index contributed by atoms with van der Waals surface area (Å²) in [4.78, 5) is 5.83. The first-order chi connectivity index (χ1) is 9.76. The fraction of sp³-hybridized carbons (Fsp3) is 0.500. The van der Waals surface area contributed by atoms with E-state index in [0.29, 0.717) is 6.04 Å². The van der Waals surface area contributed by atoms with Crippen molar-refractivity contribution in [1.82, 2.24) is 15.2 Å². The van der Waals surface area contributed by atoms with Crippen LogP contribution in [0, 0.1) is 0 Å². The molecule has 0 spiro atoms. The van der Waals surface area contributed by atoms with Crippen molar-refractivity contribution in [3.63, 3.8) is 0 Å². The van der Waals surface area contributed by atoms with Crippen molar-refractivity contribution < 1.29 is 0 Å². The van der Waals surface area contributed by atoms with Crippen molar-refractivity contribution in [1.29, 1.82) is 0 Å².